The van der Waals surface area contributed by atoms with Crippen molar-refractivity contribution in [1.29, 1.82) is 0 Å². The summed E-state index contributed by atoms with van der Waals surface area (Å²) in [4.78, 5) is 24.0. The Morgan fingerprint density at radius 3 is 2.72 bits per heavy atom. The molecule has 1 fully saturated rings. The molecule has 29 heavy (non-hydrogen) atoms. The summed E-state index contributed by atoms with van der Waals surface area (Å²) in [5, 5.41) is 18.8. The van der Waals surface area contributed by atoms with Crippen molar-refractivity contribution in [2.45, 2.75) is 13.1 Å². The fourth-order valence-corrected chi connectivity index (χ4v) is 3.17. The van der Waals surface area contributed by atoms with Gasteiger partial charge in [-0.15, -0.1) is 0 Å². The number of cyclic esters (lactones) is 1. The van der Waals surface area contributed by atoms with Crippen molar-refractivity contribution in [2.24, 2.45) is 0 Å². The fraction of sp³-hybridized carbons (Fsp3) is 0.200. The maximum absolute atomic E-state index is 12.0. The number of nitro groups is 1. The number of non-ortho nitro benzene ring substituents is 1. The van der Waals surface area contributed by atoms with Gasteiger partial charge in [-0.2, -0.15) is 5.10 Å². The molecular formula is C20H19N5O4. The normalized spacial score (nSPS) is 13.4. The summed E-state index contributed by atoms with van der Waals surface area (Å²) >= 11 is 0. The third kappa shape index (κ3) is 4.18. The van der Waals surface area contributed by atoms with E-state index in [4.69, 9.17) is 4.74 Å². The molecule has 2 heterocycles. The van der Waals surface area contributed by atoms with Crippen LogP contribution in [0.25, 0.3) is 0 Å². The molecule has 9 nitrogen and oxygen atoms in total. The summed E-state index contributed by atoms with van der Waals surface area (Å²) < 4.78 is 6.82. The second-order valence-corrected chi connectivity index (χ2v) is 6.61. The van der Waals surface area contributed by atoms with Gasteiger partial charge in [-0.25, -0.2) is 4.79 Å². The average Bonchev–Trinajstić information content (AvgIpc) is 3.35. The van der Waals surface area contributed by atoms with Gasteiger partial charge in [0, 0.05) is 30.4 Å². The first-order chi connectivity index (χ1) is 14.1. The summed E-state index contributed by atoms with van der Waals surface area (Å²) in [6, 6.07) is 14.4. The summed E-state index contributed by atoms with van der Waals surface area (Å²) in [5.41, 5.74) is 3.07. The zero-order valence-electron chi connectivity index (χ0n) is 15.5. The van der Waals surface area contributed by atoms with E-state index in [1.165, 1.54) is 17.0 Å². The summed E-state index contributed by atoms with van der Waals surface area (Å²) in [5.74, 6) is 0. The van der Waals surface area contributed by atoms with E-state index in [2.05, 4.69) is 10.4 Å². The molecule has 0 atom stereocenters. The molecule has 0 radical (unpaired) electrons. The van der Waals surface area contributed by atoms with Crippen LogP contribution in [-0.2, 0) is 17.8 Å². The number of ether oxygens (including phenoxy) is 1. The molecule has 2 aromatic carbocycles. The SMILES string of the molecule is O=C1OCCN1c1cc([N+](=O)[O-])ccc1NCc1cnn(Cc2ccccc2)c1. The third-order valence-electron chi connectivity index (χ3n) is 4.60. The molecule has 1 aliphatic heterocycles. The molecule has 148 valence electrons. The maximum atomic E-state index is 12.0. The molecule has 1 saturated heterocycles. The standard InChI is InChI=1S/C20H19N5O4/c26-20-24(8-9-29-20)19-10-17(25(27)28)6-7-18(19)21-11-16-12-22-23(14-16)13-15-4-2-1-3-5-15/h1-7,10,12,14,21H,8-9,11,13H2. The average molecular weight is 393 g/mol. The second kappa shape index (κ2) is 8.01. The van der Waals surface area contributed by atoms with E-state index < -0.39 is 11.0 Å². The Morgan fingerprint density at radius 1 is 1.17 bits per heavy atom. The lowest BCUT2D eigenvalue weighted by Crippen LogP contribution is -2.24. The smallest absolute Gasteiger partial charge is 0.414 e. The molecule has 1 N–H and O–H groups in total. The Balaban J connectivity index is 1.49. The van der Waals surface area contributed by atoms with E-state index in [-0.39, 0.29) is 12.3 Å². The first kappa shape index (κ1) is 18.5. The van der Waals surface area contributed by atoms with E-state index >= 15 is 0 Å². The minimum atomic E-state index is -0.510. The van der Waals surface area contributed by atoms with E-state index in [1.54, 1.807) is 12.3 Å². The number of carbonyl (C=O) groups is 1. The predicted octanol–water partition coefficient (Wildman–Crippen LogP) is 3.41. The zero-order valence-corrected chi connectivity index (χ0v) is 15.5. The van der Waals surface area contributed by atoms with Crippen LogP contribution in [0.15, 0.2) is 60.9 Å². The van der Waals surface area contributed by atoms with Crippen LogP contribution >= 0.6 is 0 Å². The van der Waals surface area contributed by atoms with Gasteiger partial charge in [-0.05, 0) is 11.6 Å². The van der Waals surface area contributed by atoms with Crippen LogP contribution in [0.4, 0.5) is 21.9 Å². The Morgan fingerprint density at radius 2 is 2.00 bits per heavy atom. The van der Waals surface area contributed by atoms with Gasteiger partial charge in [0.1, 0.15) is 6.61 Å². The molecule has 1 aromatic heterocycles. The van der Waals surface area contributed by atoms with Gasteiger partial charge in [0.25, 0.3) is 5.69 Å². The van der Waals surface area contributed by atoms with Gasteiger partial charge in [0.15, 0.2) is 0 Å². The number of nitrogens with one attached hydrogen (secondary N) is 1. The molecule has 0 spiro atoms. The molecule has 0 bridgehead atoms. The van der Waals surface area contributed by atoms with Crippen LogP contribution in [0, 0.1) is 10.1 Å². The van der Waals surface area contributed by atoms with Crippen LogP contribution in [0.1, 0.15) is 11.1 Å². The van der Waals surface area contributed by atoms with Crippen molar-refractivity contribution in [3.8, 4) is 0 Å². The zero-order chi connectivity index (χ0) is 20.2. The lowest BCUT2D eigenvalue weighted by molar-refractivity contribution is -0.384. The van der Waals surface area contributed by atoms with Crippen LogP contribution in [-0.4, -0.2) is 33.9 Å². The van der Waals surface area contributed by atoms with Crippen molar-refractivity contribution in [2.75, 3.05) is 23.4 Å². The third-order valence-corrected chi connectivity index (χ3v) is 4.60. The van der Waals surface area contributed by atoms with Gasteiger partial charge in [0.2, 0.25) is 0 Å². The van der Waals surface area contributed by atoms with Crippen LogP contribution in [0.3, 0.4) is 0 Å². The van der Waals surface area contributed by atoms with Crippen LogP contribution < -0.4 is 10.2 Å². The molecule has 9 heteroatoms. The fourth-order valence-electron chi connectivity index (χ4n) is 3.17. The van der Waals surface area contributed by atoms with Gasteiger partial charge in [-0.1, -0.05) is 30.3 Å². The molecular weight excluding hydrogens is 374 g/mol. The van der Waals surface area contributed by atoms with Gasteiger partial charge < -0.3 is 10.1 Å². The Kier molecular flexibility index (Phi) is 5.10. The Labute approximate surface area is 166 Å². The van der Waals surface area contributed by atoms with E-state index in [9.17, 15) is 14.9 Å². The number of amides is 1. The molecule has 0 aliphatic carbocycles. The number of rotatable bonds is 7. The highest BCUT2D eigenvalue weighted by Gasteiger charge is 2.27. The summed E-state index contributed by atoms with van der Waals surface area (Å²) in [6.07, 6.45) is 3.20. The highest BCUT2D eigenvalue weighted by molar-refractivity contribution is 5.94. The van der Waals surface area contributed by atoms with Crippen LogP contribution in [0.5, 0.6) is 0 Å². The molecule has 1 aliphatic rings. The van der Waals surface area contributed by atoms with Crippen LogP contribution in [0.2, 0.25) is 0 Å². The summed E-state index contributed by atoms with van der Waals surface area (Å²) in [7, 11) is 0. The molecule has 4 rings (SSSR count). The molecule has 0 unspecified atom stereocenters. The van der Waals surface area contributed by atoms with Crippen molar-refractivity contribution in [3.63, 3.8) is 0 Å². The first-order valence-electron chi connectivity index (χ1n) is 9.12. The first-order valence-corrected chi connectivity index (χ1v) is 9.12. The monoisotopic (exact) mass is 393 g/mol. The number of hydrogen-bond acceptors (Lipinski definition) is 6. The van der Waals surface area contributed by atoms with Crippen molar-refractivity contribution < 1.29 is 14.5 Å². The van der Waals surface area contributed by atoms with E-state index in [0.717, 1.165) is 11.1 Å². The minimum absolute atomic E-state index is 0.0825. The maximum Gasteiger partial charge on any atom is 0.414 e. The van der Waals surface area contributed by atoms with E-state index in [0.29, 0.717) is 31.0 Å². The number of aromatic nitrogens is 2. The van der Waals surface area contributed by atoms with Gasteiger partial charge >= 0.3 is 6.09 Å². The number of carbonyl (C=O) groups excluding carboxylic acids is 1. The molecule has 0 saturated carbocycles. The number of nitro benzene ring substituents is 1. The predicted molar refractivity (Wildman–Crippen MR) is 107 cm³/mol. The topological polar surface area (TPSA) is 103 Å². The molecule has 1 amide bonds. The highest BCUT2D eigenvalue weighted by Crippen LogP contribution is 2.32. The Hall–Kier alpha value is -3.88. The van der Waals surface area contributed by atoms with Crippen molar-refractivity contribution >= 4 is 23.2 Å². The van der Waals surface area contributed by atoms with E-state index in [1.807, 2.05) is 41.2 Å². The largest absolute Gasteiger partial charge is 0.447 e. The number of benzene rings is 2. The quantitative estimate of drug-likeness (QED) is 0.487. The second-order valence-electron chi connectivity index (χ2n) is 6.61. The lowest BCUT2D eigenvalue weighted by atomic mass is 10.2. The van der Waals surface area contributed by atoms with Gasteiger partial charge in [0.05, 0.1) is 35.6 Å². The summed E-state index contributed by atoms with van der Waals surface area (Å²) in [6.45, 7) is 1.74. The van der Waals surface area contributed by atoms with Crippen molar-refractivity contribution in [3.05, 3.63) is 82.2 Å². The number of nitrogens with zero attached hydrogens (tertiary/aromatic N) is 4. The molecule has 3 aromatic rings. The van der Waals surface area contributed by atoms with Crippen molar-refractivity contribution in [1.82, 2.24) is 9.78 Å². The highest BCUT2D eigenvalue weighted by atomic mass is 16.6. The van der Waals surface area contributed by atoms with Gasteiger partial charge in [-0.3, -0.25) is 19.7 Å². The lowest BCUT2D eigenvalue weighted by Gasteiger charge is -2.18. The Bertz CT molecular complexity index is 1030. The number of hydrogen-bond donors (Lipinski definition) is 1. The minimum Gasteiger partial charge on any atom is -0.447 e. The number of anilines is 2.